The van der Waals surface area contributed by atoms with Crippen molar-refractivity contribution < 1.29 is 22.7 Å². The first kappa shape index (κ1) is 21.1. The lowest BCUT2D eigenvalue weighted by Gasteiger charge is -2.10. The van der Waals surface area contributed by atoms with E-state index < -0.39 is 35.1 Å². The van der Waals surface area contributed by atoms with Gasteiger partial charge in [-0.3, -0.25) is 9.59 Å². The van der Waals surface area contributed by atoms with E-state index >= 15 is 0 Å². The van der Waals surface area contributed by atoms with Crippen molar-refractivity contribution in [2.45, 2.75) is 18.7 Å². The lowest BCUT2D eigenvalue weighted by molar-refractivity contribution is -0.146. The molecule has 0 aliphatic carbocycles. The third kappa shape index (κ3) is 5.64. The number of esters is 1. The van der Waals surface area contributed by atoms with E-state index in [0.717, 1.165) is 11.1 Å². The molecule has 2 aromatic rings. The highest BCUT2D eigenvalue weighted by molar-refractivity contribution is 7.89. The molecule has 8 nitrogen and oxygen atoms in total. The maximum absolute atomic E-state index is 12.2. The Morgan fingerprint density at radius 2 is 1.86 bits per heavy atom. The molecule has 0 saturated carbocycles. The van der Waals surface area contributed by atoms with Gasteiger partial charge in [-0.15, -0.1) is 0 Å². The van der Waals surface area contributed by atoms with Gasteiger partial charge in [-0.25, -0.2) is 8.42 Å². The third-order valence-electron chi connectivity index (χ3n) is 3.73. The Labute approximate surface area is 163 Å². The van der Waals surface area contributed by atoms with E-state index in [1.807, 2.05) is 26.0 Å². The molecular formula is C19H19N3O5S. The van der Waals surface area contributed by atoms with Gasteiger partial charge in [-0.2, -0.15) is 9.98 Å². The molecule has 0 aliphatic rings. The number of hydrogen-bond donors (Lipinski definition) is 2. The molecule has 0 fully saturated rings. The molecule has 0 aromatic heterocycles. The quantitative estimate of drug-likeness (QED) is 0.680. The Bertz CT molecular complexity index is 1040. The van der Waals surface area contributed by atoms with Gasteiger partial charge in [0.05, 0.1) is 10.5 Å². The SMILES string of the molecule is Cc1ccc(C)c(NC(=O)COC(=O)CNS(=O)(=O)c2ccccc2C#N)c1. The van der Waals surface area contributed by atoms with Crippen LogP contribution in [0.1, 0.15) is 16.7 Å². The number of rotatable bonds is 7. The Hall–Kier alpha value is -3.22. The van der Waals surface area contributed by atoms with Crippen molar-refractivity contribution in [1.29, 1.82) is 5.26 Å². The molecule has 2 aromatic carbocycles. The van der Waals surface area contributed by atoms with Gasteiger partial charge >= 0.3 is 5.97 Å². The Balaban J connectivity index is 1.88. The van der Waals surface area contributed by atoms with Crippen LogP contribution in [0.2, 0.25) is 0 Å². The van der Waals surface area contributed by atoms with Crippen LogP contribution in [0.4, 0.5) is 5.69 Å². The summed E-state index contributed by atoms with van der Waals surface area (Å²) in [4.78, 5) is 23.4. The van der Waals surface area contributed by atoms with Crippen molar-refractivity contribution in [3.8, 4) is 6.07 Å². The largest absolute Gasteiger partial charge is 0.455 e. The molecule has 9 heteroatoms. The van der Waals surface area contributed by atoms with E-state index in [0.29, 0.717) is 5.69 Å². The van der Waals surface area contributed by atoms with E-state index in [9.17, 15) is 18.0 Å². The van der Waals surface area contributed by atoms with Crippen LogP contribution in [-0.4, -0.2) is 33.4 Å². The topological polar surface area (TPSA) is 125 Å². The lowest BCUT2D eigenvalue weighted by Crippen LogP contribution is -2.32. The number of carbonyl (C=O) groups excluding carboxylic acids is 2. The smallest absolute Gasteiger partial charge is 0.321 e. The van der Waals surface area contributed by atoms with Gasteiger partial charge in [0, 0.05) is 5.69 Å². The minimum absolute atomic E-state index is 0.0451. The van der Waals surface area contributed by atoms with Gasteiger partial charge in [-0.1, -0.05) is 24.3 Å². The van der Waals surface area contributed by atoms with E-state index in [1.54, 1.807) is 12.1 Å². The zero-order chi connectivity index (χ0) is 20.7. The fraction of sp³-hybridized carbons (Fsp3) is 0.211. The molecule has 0 heterocycles. The van der Waals surface area contributed by atoms with Crippen LogP contribution in [0.5, 0.6) is 0 Å². The number of nitrogens with one attached hydrogen (secondary N) is 2. The van der Waals surface area contributed by atoms with Gasteiger partial charge in [0.15, 0.2) is 6.61 Å². The molecule has 2 rings (SSSR count). The highest BCUT2D eigenvalue weighted by Gasteiger charge is 2.20. The molecule has 1 amide bonds. The highest BCUT2D eigenvalue weighted by Crippen LogP contribution is 2.16. The number of anilines is 1. The van der Waals surface area contributed by atoms with Crippen molar-refractivity contribution in [3.05, 3.63) is 59.2 Å². The molecule has 146 valence electrons. The molecule has 0 bridgehead atoms. The van der Waals surface area contributed by atoms with Gasteiger partial charge in [-0.05, 0) is 43.2 Å². The normalized spacial score (nSPS) is 10.8. The number of carbonyl (C=O) groups is 2. The summed E-state index contributed by atoms with van der Waals surface area (Å²) in [6, 6.07) is 12.9. The maximum atomic E-state index is 12.2. The van der Waals surface area contributed by atoms with Gasteiger partial charge in [0.2, 0.25) is 10.0 Å². The molecule has 0 aliphatic heterocycles. The van der Waals surface area contributed by atoms with Crippen molar-refractivity contribution in [2.75, 3.05) is 18.5 Å². The number of nitriles is 1. The van der Waals surface area contributed by atoms with Crippen LogP contribution in [0.25, 0.3) is 0 Å². The van der Waals surface area contributed by atoms with Crippen molar-refractivity contribution in [3.63, 3.8) is 0 Å². The monoisotopic (exact) mass is 401 g/mol. The van der Waals surface area contributed by atoms with Crippen LogP contribution in [0, 0.1) is 25.2 Å². The molecular weight excluding hydrogens is 382 g/mol. The maximum Gasteiger partial charge on any atom is 0.321 e. The van der Waals surface area contributed by atoms with E-state index in [1.165, 1.54) is 24.3 Å². The number of hydrogen-bond acceptors (Lipinski definition) is 6. The summed E-state index contributed by atoms with van der Waals surface area (Å²) in [5, 5.41) is 11.6. The molecule has 0 saturated heterocycles. The molecule has 28 heavy (non-hydrogen) atoms. The summed E-state index contributed by atoms with van der Waals surface area (Å²) in [6.07, 6.45) is 0. The fourth-order valence-corrected chi connectivity index (χ4v) is 3.40. The van der Waals surface area contributed by atoms with E-state index in [-0.39, 0.29) is 10.5 Å². The first-order valence-corrected chi connectivity index (χ1v) is 9.73. The van der Waals surface area contributed by atoms with Crippen molar-refractivity contribution in [2.24, 2.45) is 0 Å². The number of nitrogens with zero attached hydrogens (tertiary/aromatic N) is 1. The summed E-state index contributed by atoms with van der Waals surface area (Å²) in [5.41, 5.74) is 2.38. The second-order valence-corrected chi connectivity index (χ2v) is 7.70. The molecule has 0 radical (unpaired) electrons. The van der Waals surface area contributed by atoms with E-state index in [4.69, 9.17) is 10.00 Å². The van der Waals surface area contributed by atoms with Crippen LogP contribution in [0.15, 0.2) is 47.4 Å². The van der Waals surface area contributed by atoms with Crippen LogP contribution < -0.4 is 10.0 Å². The third-order valence-corrected chi connectivity index (χ3v) is 5.19. The Kier molecular flexibility index (Phi) is 6.87. The van der Waals surface area contributed by atoms with Gasteiger partial charge in [0.25, 0.3) is 5.91 Å². The van der Waals surface area contributed by atoms with Crippen molar-refractivity contribution in [1.82, 2.24) is 4.72 Å². The summed E-state index contributed by atoms with van der Waals surface area (Å²) in [5.74, 6) is -1.46. The molecule has 2 N–H and O–H groups in total. The average molecular weight is 401 g/mol. The highest BCUT2D eigenvalue weighted by atomic mass is 32.2. The average Bonchev–Trinajstić information content (AvgIpc) is 2.67. The fourth-order valence-electron chi connectivity index (χ4n) is 2.28. The zero-order valence-electron chi connectivity index (χ0n) is 15.4. The summed E-state index contributed by atoms with van der Waals surface area (Å²) in [7, 11) is -4.07. The predicted octanol–water partition coefficient (Wildman–Crippen LogP) is 1.64. The predicted molar refractivity (Wildman–Crippen MR) is 102 cm³/mol. The number of sulfonamides is 1. The number of benzene rings is 2. The second kappa shape index (κ2) is 9.12. The van der Waals surface area contributed by atoms with Crippen LogP contribution in [0.3, 0.4) is 0 Å². The number of amides is 1. The van der Waals surface area contributed by atoms with Crippen molar-refractivity contribution >= 4 is 27.6 Å². The van der Waals surface area contributed by atoms with Gasteiger partial charge < -0.3 is 10.1 Å². The summed E-state index contributed by atoms with van der Waals surface area (Å²) in [6.45, 7) is 2.49. The van der Waals surface area contributed by atoms with E-state index in [2.05, 4.69) is 10.0 Å². The first-order chi connectivity index (χ1) is 13.2. The van der Waals surface area contributed by atoms with Crippen LogP contribution >= 0.6 is 0 Å². The van der Waals surface area contributed by atoms with Gasteiger partial charge in [0.1, 0.15) is 12.6 Å². The van der Waals surface area contributed by atoms with Crippen LogP contribution in [-0.2, 0) is 24.3 Å². The molecule has 0 atom stereocenters. The standard InChI is InChI=1S/C19H19N3O5S/c1-13-7-8-14(2)16(9-13)22-18(23)12-27-19(24)11-21-28(25,26)17-6-4-3-5-15(17)10-20/h3-9,21H,11-12H2,1-2H3,(H,22,23). The summed E-state index contributed by atoms with van der Waals surface area (Å²) >= 11 is 0. The Morgan fingerprint density at radius 3 is 2.57 bits per heavy atom. The minimum atomic E-state index is -4.07. The summed E-state index contributed by atoms with van der Waals surface area (Å²) < 4.78 is 31.3. The number of ether oxygens (including phenoxy) is 1. The minimum Gasteiger partial charge on any atom is -0.455 e. The molecule has 0 spiro atoms. The second-order valence-electron chi connectivity index (χ2n) is 5.96. The number of aryl methyl sites for hydroxylation is 2. The first-order valence-electron chi connectivity index (χ1n) is 8.24. The zero-order valence-corrected chi connectivity index (χ0v) is 16.2. The lowest BCUT2D eigenvalue weighted by atomic mass is 10.1. The molecule has 0 unspecified atom stereocenters. The Morgan fingerprint density at radius 1 is 1.14 bits per heavy atom.